The zero-order valence-electron chi connectivity index (χ0n) is 12.1. The molecule has 1 aromatic heterocycles. The maximum absolute atomic E-state index is 4.34. The van der Waals surface area contributed by atoms with Gasteiger partial charge in [-0.15, -0.1) is 0 Å². The molecule has 0 radical (unpaired) electrons. The van der Waals surface area contributed by atoms with E-state index >= 15 is 0 Å². The van der Waals surface area contributed by atoms with Crippen molar-refractivity contribution < 1.29 is 0 Å². The van der Waals surface area contributed by atoms with Crippen LogP contribution in [0.3, 0.4) is 0 Å². The highest BCUT2D eigenvalue weighted by atomic mass is 15.3. The van der Waals surface area contributed by atoms with Gasteiger partial charge >= 0.3 is 0 Å². The largest absolute Gasteiger partial charge is 0.314 e. The first kappa shape index (κ1) is 13.1. The highest BCUT2D eigenvalue weighted by Gasteiger charge is 2.28. The second-order valence-electron chi connectivity index (χ2n) is 5.84. The maximum atomic E-state index is 4.34. The van der Waals surface area contributed by atoms with E-state index in [1.54, 1.807) is 0 Å². The molecule has 2 aliphatic rings. The van der Waals surface area contributed by atoms with Crippen molar-refractivity contribution in [2.75, 3.05) is 39.3 Å². The van der Waals surface area contributed by atoms with E-state index in [1.165, 1.54) is 43.9 Å². The van der Waals surface area contributed by atoms with Gasteiger partial charge in [0.05, 0.1) is 6.20 Å². The lowest BCUT2D eigenvalue weighted by atomic mass is 10.2. The van der Waals surface area contributed by atoms with Crippen molar-refractivity contribution in [3.63, 3.8) is 0 Å². The molecular weight excluding hydrogens is 238 g/mol. The Kier molecular flexibility index (Phi) is 3.86. The van der Waals surface area contributed by atoms with Gasteiger partial charge in [0.15, 0.2) is 0 Å². The molecule has 1 aromatic rings. The molecule has 2 fully saturated rings. The third-order valence-electron chi connectivity index (χ3n) is 4.65. The average Bonchev–Trinajstić information content (AvgIpc) is 3.02. The van der Waals surface area contributed by atoms with E-state index in [9.17, 15) is 0 Å². The van der Waals surface area contributed by atoms with Gasteiger partial charge in [-0.05, 0) is 13.3 Å². The Bertz CT molecular complexity index is 421. The molecule has 3 rings (SSSR count). The Morgan fingerprint density at radius 2 is 2.11 bits per heavy atom. The minimum Gasteiger partial charge on any atom is -0.314 e. The van der Waals surface area contributed by atoms with Crippen LogP contribution in [0, 0.1) is 6.92 Å². The lowest BCUT2D eigenvalue weighted by Crippen LogP contribution is -2.49. The first-order valence-electron chi connectivity index (χ1n) is 7.38. The summed E-state index contributed by atoms with van der Waals surface area (Å²) in [4.78, 5) is 5.24. The van der Waals surface area contributed by atoms with Crippen molar-refractivity contribution >= 4 is 0 Å². The van der Waals surface area contributed by atoms with Gasteiger partial charge in [-0.3, -0.25) is 14.5 Å². The summed E-state index contributed by atoms with van der Waals surface area (Å²) in [5, 5.41) is 7.77. The molecule has 2 aliphatic heterocycles. The van der Waals surface area contributed by atoms with Crippen molar-refractivity contribution in [2.45, 2.75) is 25.9 Å². The standard InChI is InChI=1S/C14H25N5/c1-12-13(9-16-17(12)2)10-18-6-3-14(11-18)19-7-4-15-5-8-19/h9,14-15H,3-8,10-11H2,1-2H3. The van der Waals surface area contributed by atoms with Gasteiger partial charge in [-0.25, -0.2) is 0 Å². The van der Waals surface area contributed by atoms with Crippen LogP contribution in [0.5, 0.6) is 0 Å². The summed E-state index contributed by atoms with van der Waals surface area (Å²) < 4.78 is 1.97. The van der Waals surface area contributed by atoms with E-state index in [0.29, 0.717) is 0 Å². The Hall–Kier alpha value is -0.910. The number of hydrogen-bond acceptors (Lipinski definition) is 4. The maximum Gasteiger partial charge on any atom is 0.0537 e. The fourth-order valence-electron chi connectivity index (χ4n) is 3.24. The fourth-order valence-corrected chi connectivity index (χ4v) is 3.24. The lowest BCUT2D eigenvalue weighted by molar-refractivity contribution is 0.170. The van der Waals surface area contributed by atoms with E-state index in [2.05, 4.69) is 27.1 Å². The molecule has 3 heterocycles. The van der Waals surface area contributed by atoms with Crippen LogP contribution in [0.2, 0.25) is 0 Å². The molecule has 5 heteroatoms. The molecule has 19 heavy (non-hydrogen) atoms. The first-order chi connectivity index (χ1) is 9.24. The Labute approximate surface area is 115 Å². The SMILES string of the molecule is Cc1c(CN2CCC(N3CCNCC3)C2)cnn1C. The van der Waals surface area contributed by atoms with Gasteiger partial charge in [-0.2, -0.15) is 5.10 Å². The number of nitrogens with zero attached hydrogens (tertiary/aromatic N) is 4. The summed E-state index contributed by atoms with van der Waals surface area (Å²) in [5.74, 6) is 0. The van der Waals surface area contributed by atoms with Crippen LogP contribution in [0.1, 0.15) is 17.7 Å². The summed E-state index contributed by atoms with van der Waals surface area (Å²) in [7, 11) is 2.02. The molecule has 0 saturated carbocycles. The number of likely N-dealkylation sites (tertiary alicyclic amines) is 1. The smallest absolute Gasteiger partial charge is 0.0537 e. The van der Waals surface area contributed by atoms with E-state index in [4.69, 9.17) is 0 Å². The predicted octanol–water partition coefficient (Wildman–Crippen LogP) is 0.208. The summed E-state index contributed by atoms with van der Waals surface area (Å²) in [6.45, 7) is 10.4. The first-order valence-corrected chi connectivity index (χ1v) is 7.38. The third-order valence-corrected chi connectivity index (χ3v) is 4.65. The number of rotatable bonds is 3. The molecule has 106 valence electrons. The Morgan fingerprint density at radius 1 is 1.32 bits per heavy atom. The summed E-state index contributed by atoms with van der Waals surface area (Å²) in [6.07, 6.45) is 3.34. The van der Waals surface area contributed by atoms with Gasteiger partial charge in [-0.1, -0.05) is 0 Å². The van der Waals surface area contributed by atoms with Gasteiger partial charge in [0.25, 0.3) is 0 Å². The van der Waals surface area contributed by atoms with Gasteiger partial charge < -0.3 is 5.32 Å². The molecule has 0 bridgehead atoms. The van der Waals surface area contributed by atoms with Crippen LogP contribution in [0.25, 0.3) is 0 Å². The highest BCUT2D eigenvalue weighted by Crippen LogP contribution is 2.19. The molecule has 0 amide bonds. The molecular formula is C14H25N5. The van der Waals surface area contributed by atoms with Crippen LogP contribution in [-0.2, 0) is 13.6 Å². The van der Waals surface area contributed by atoms with E-state index in [1.807, 2.05) is 17.9 Å². The Balaban J connectivity index is 1.55. The molecule has 1 N–H and O–H groups in total. The van der Waals surface area contributed by atoms with Crippen LogP contribution in [0.4, 0.5) is 0 Å². The normalized spacial score (nSPS) is 26.1. The second kappa shape index (κ2) is 5.61. The molecule has 2 saturated heterocycles. The fraction of sp³-hybridized carbons (Fsp3) is 0.786. The molecule has 0 aliphatic carbocycles. The van der Waals surface area contributed by atoms with Crippen molar-refractivity contribution in [1.82, 2.24) is 24.9 Å². The van der Waals surface area contributed by atoms with Crippen molar-refractivity contribution in [2.24, 2.45) is 7.05 Å². The highest BCUT2D eigenvalue weighted by molar-refractivity contribution is 5.15. The van der Waals surface area contributed by atoms with Crippen LogP contribution < -0.4 is 5.32 Å². The Morgan fingerprint density at radius 3 is 2.79 bits per heavy atom. The molecule has 5 nitrogen and oxygen atoms in total. The summed E-state index contributed by atoms with van der Waals surface area (Å²) in [5.41, 5.74) is 2.68. The third kappa shape index (κ3) is 2.83. The number of hydrogen-bond donors (Lipinski definition) is 1. The lowest BCUT2D eigenvalue weighted by Gasteiger charge is -2.32. The second-order valence-corrected chi connectivity index (χ2v) is 5.84. The van der Waals surface area contributed by atoms with Gasteiger partial charge in [0, 0.05) is 70.2 Å². The number of aromatic nitrogens is 2. The molecule has 1 atom stereocenters. The number of aryl methyl sites for hydroxylation is 1. The van der Waals surface area contributed by atoms with Crippen molar-refractivity contribution in [3.05, 3.63) is 17.5 Å². The van der Waals surface area contributed by atoms with Gasteiger partial charge in [0.2, 0.25) is 0 Å². The number of nitrogens with one attached hydrogen (secondary N) is 1. The zero-order valence-corrected chi connectivity index (χ0v) is 12.1. The van der Waals surface area contributed by atoms with E-state index in [0.717, 1.165) is 25.7 Å². The summed E-state index contributed by atoms with van der Waals surface area (Å²) >= 11 is 0. The van der Waals surface area contributed by atoms with Crippen LogP contribution >= 0.6 is 0 Å². The predicted molar refractivity (Wildman–Crippen MR) is 76.1 cm³/mol. The minimum absolute atomic E-state index is 0.763. The topological polar surface area (TPSA) is 36.3 Å². The van der Waals surface area contributed by atoms with Crippen molar-refractivity contribution in [1.29, 1.82) is 0 Å². The molecule has 1 unspecified atom stereocenters. The van der Waals surface area contributed by atoms with Gasteiger partial charge in [0.1, 0.15) is 0 Å². The van der Waals surface area contributed by atoms with Crippen LogP contribution in [-0.4, -0.2) is 64.9 Å². The summed E-state index contributed by atoms with van der Waals surface area (Å²) in [6, 6.07) is 0.763. The minimum atomic E-state index is 0.763. The number of piperazine rings is 1. The quantitative estimate of drug-likeness (QED) is 0.846. The van der Waals surface area contributed by atoms with Crippen molar-refractivity contribution in [3.8, 4) is 0 Å². The van der Waals surface area contributed by atoms with E-state index in [-0.39, 0.29) is 0 Å². The molecule has 0 aromatic carbocycles. The average molecular weight is 263 g/mol. The van der Waals surface area contributed by atoms with Crippen LogP contribution in [0.15, 0.2) is 6.20 Å². The molecule has 0 spiro atoms. The monoisotopic (exact) mass is 263 g/mol. The zero-order chi connectivity index (χ0) is 13.2. The van der Waals surface area contributed by atoms with E-state index < -0.39 is 0 Å².